The molecular formula is C19H20N4O2. The minimum Gasteiger partial charge on any atom is -0.351 e. The molecule has 0 saturated heterocycles. The molecule has 25 heavy (non-hydrogen) atoms. The molecule has 128 valence electrons. The van der Waals surface area contributed by atoms with Gasteiger partial charge < -0.3 is 10.6 Å². The number of rotatable bonds is 6. The molecule has 2 aromatic rings. The summed E-state index contributed by atoms with van der Waals surface area (Å²) >= 11 is 0. The zero-order chi connectivity index (χ0) is 18.2. The normalized spacial score (nSPS) is 10.2. The third kappa shape index (κ3) is 5.43. The van der Waals surface area contributed by atoms with Gasteiger partial charge >= 0.3 is 0 Å². The van der Waals surface area contributed by atoms with E-state index in [1.165, 1.54) is 0 Å². The highest BCUT2D eigenvalue weighted by atomic mass is 16.2. The molecule has 1 heterocycles. The lowest BCUT2D eigenvalue weighted by Crippen LogP contribution is -2.27. The Labute approximate surface area is 146 Å². The average Bonchev–Trinajstić information content (AvgIpc) is 2.62. The fourth-order valence-corrected chi connectivity index (χ4v) is 2.08. The molecule has 0 bridgehead atoms. The van der Waals surface area contributed by atoms with Gasteiger partial charge in [-0.1, -0.05) is 19.9 Å². The van der Waals surface area contributed by atoms with Gasteiger partial charge in [-0.3, -0.25) is 9.59 Å². The molecule has 1 aromatic carbocycles. The topological polar surface area (TPSA) is 94.9 Å². The van der Waals surface area contributed by atoms with Crippen molar-refractivity contribution in [2.75, 3.05) is 11.9 Å². The van der Waals surface area contributed by atoms with Gasteiger partial charge in [0.15, 0.2) is 0 Å². The van der Waals surface area contributed by atoms with Crippen molar-refractivity contribution < 1.29 is 9.59 Å². The molecule has 2 rings (SSSR count). The zero-order valence-corrected chi connectivity index (χ0v) is 14.2. The van der Waals surface area contributed by atoms with Gasteiger partial charge in [0.1, 0.15) is 11.4 Å². The summed E-state index contributed by atoms with van der Waals surface area (Å²) in [5.41, 5.74) is 1.42. The molecule has 0 aliphatic carbocycles. The van der Waals surface area contributed by atoms with E-state index in [0.717, 1.165) is 6.42 Å². The first-order valence-corrected chi connectivity index (χ1v) is 8.06. The molecule has 0 unspecified atom stereocenters. The second-order valence-corrected chi connectivity index (χ2v) is 5.99. The quantitative estimate of drug-likeness (QED) is 0.848. The van der Waals surface area contributed by atoms with Crippen LogP contribution in [0.3, 0.4) is 0 Å². The first kappa shape index (κ1) is 18.1. The Hall–Kier alpha value is -3.20. The molecule has 0 radical (unpaired) electrons. The molecule has 6 nitrogen and oxygen atoms in total. The molecular weight excluding hydrogens is 316 g/mol. The number of amides is 2. The third-order valence-electron chi connectivity index (χ3n) is 3.49. The fourth-order valence-electron chi connectivity index (χ4n) is 2.08. The molecule has 2 N–H and O–H groups in total. The van der Waals surface area contributed by atoms with E-state index in [1.807, 2.05) is 6.07 Å². The first-order valence-electron chi connectivity index (χ1n) is 8.06. The summed E-state index contributed by atoms with van der Waals surface area (Å²) in [4.78, 5) is 28.5. The summed E-state index contributed by atoms with van der Waals surface area (Å²) in [6, 6.07) is 13.3. The number of carbonyl (C=O) groups is 2. The fraction of sp³-hybridized carbons (Fsp3) is 0.263. The lowest BCUT2D eigenvalue weighted by atomic mass is 10.1. The van der Waals surface area contributed by atoms with E-state index in [1.54, 1.807) is 42.5 Å². The maximum Gasteiger partial charge on any atom is 0.274 e. The second-order valence-electron chi connectivity index (χ2n) is 5.99. The number of carbonyl (C=O) groups excluding carboxylic acids is 2. The van der Waals surface area contributed by atoms with Crippen molar-refractivity contribution >= 4 is 17.5 Å². The third-order valence-corrected chi connectivity index (χ3v) is 3.49. The summed E-state index contributed by atoms with van der Waals surface area (Å²) in [5, 5.41) is 14.3. The standard InChI is InChI=1S/C19H20N4O2/c1-13(2)10-11-21-18(24)16-4-3-5-17(23-16)19(25)22-15-8-6-14(12-20)7-9-15/h3-9,13H,10-11H2,1-2H3,(H,21,24)(H,22,25). The van der Waals surface area contributed by atoms with Crippen molar-refractivity contribution in [3.63, 3.8) is 0 Å². The Morgan fingerprint density at radius 2 is 1.72 bits per heavy atom. The molecule has 0 spiro atoms. The molecule has 1 aromatic heterocycles. The van der Waals surface area contributed by atoms with Crippen molar-refractivity contribution in [1.82, 2.24) is 10.3 Å². The van der Waals surface area contributed by atoms with E-state index >= 15 is 0 Å². The van der Waals surface area contributed by atoms with Crippen LogP contribution in [0.25, 0.3) is 0 Å². The van der Waals surface area contributed by atoms with Crippen LogP contribution >= 0.6 is 0 Å². The Kier molecular flexibility index (Phi) is 6.24. The molecule has 0 saturated carbocycles. The minimum atomic E-state index is -0.415. The highest BCUT2D eigenvalue weighted by molar-refractivity contribution is 6.03. The largest absolute Gasteiger partial charge is 0.351 e. The first-order chi connectivity index (χ1) is 12.0. The predicted octanol–water partition coefficient (Wildman–Crippen LogP) is 2.98. The number of nitrogens with one attached hydrogen (secondary N) is 2. The van der Waals surface area contributed by atoms with Crippen LogP contribution < -0.4 is 10.6 Å². The Bertz CT molecular complexity index is 792. The number of nitrogens with zero attached hydrogens (tertiary/aromatic N) is 2. The number of anilines is 1. The van der Waals surface area contributed by atoms with Crippen LogP contribution in [-0.4, -0.2) is 23.3 Å². The summed E-state index contributed by atoms with van der Waals surface area (Å²) in [5.74, 6) is -0.215. The summed E-state index contributed by atoms with van der Waals surface area (Å²) in [6.45, 7) is 4.73. The summed E-state index contributed by atoms with van der Waals surface area (Å²) in [7, 11) is 0. The SMILES string of the molecule is CC(C)CCNC(=O)c1cccc(C(=O)Nc2ccc(C#N)cc2)n1. The van der Waals surface area contributed by atoms with Crippen LogP contribution in [0.2, 0.25) is 0 Å². The van der Waals surface area contributed by atoms with Gasteiger partial charge in [0, 0.05) is 12.2 Å². The van der Waals surface area contributed by atoms with Crippen LogP contribution in [0.15, 0.2) is 42.5 Å². The molecule has 0 fully saturated rings. The van der Waals surface area contributed by atoms with Crippen molar-refractivity contribution in [3.8, 4) is 6.07 Å². The second kappa shape index (κ2) is 8.60. The van der Waals surface area contributed by atoms with Crippen molar-refractivity contribution in [3.05, 3.63) is 59.4 Å². The van der Waals surface area contributed by atoms with Gasteiger partial charge in [0.2, 0.25) is 0 Å². The number of nitriles is 1. The van der Waals surface area contributed by atoms with Gasteiger partial charge in [-0.05, 0) is 48.7 Å². The maximum atomic E-state index is 12.3. The van der Waals surface area contributed by atoms with Crippen molar-refractivity contribution in [1.29, 1.82) is 5.26 Å². The zero-order valence-electron chi connectivity index (χ0n) is 14.2. The number of aromatic nitrogens is 1. The smallest absolute Gasteiger partial charge is 0.274 e. The van der Waals surface area contributed by atoms with E-state index in [2.05, 4.69) is 29.5 Å². The Balaban J connectivity index is 2.02. The van der Waals surface area contributed by atoms with Crippen LogP contribution in [0.4, 0.5) is 5.69 Å². The van der Waals surface area contributed by atoms with Crippen LogP contribution in [0.5, 0.6) is 0 Å². The van der Waals surface area contributed by atoms with Gasteiger partial charge in [0.05, 0.1) is 11.6 Å². The number of hydrogen-bond donors (Lipinski definition) is 2. The van der Waals surface area contributed by atoms with E-state index in [0.29, 0.717) is 23.7 Å². The number of hydrogen-bond acceptors (Lipinski definition) is 4. The summed E-state index contributed by atoms with van der Waals surface area (Å²) in [6.07, 6.45) is 0.880. The van der Waals surface area contributed by atoms with E-state index in [9.17, 15) is 9.59 Å². The van der Waals surface area contributed by atoms with Crippen molar-refractivity contribution in [2.24, 2.45) is 5.92 Å². The molecule has 0 aliphatic heterocycles. The van der Waals surface area contributed by atoms with Gasteiger partial charge in [-0.2, -0.15) is 5.26 Å². The van der Waals surface area contributed by atoms with Gasteiger partial charge in [-0.25, -0.2) is 4.98 Å². The van der Waals surface area contributed by atoms with Crippen LogP contribution in [-0.2, 0) is 0 Å². The molecule has 0 atom stereocenters. The lowest BCUT2D eigenvalue weighted by Gasteiger charge is -2.08. The Morgan fingerprint density at radius 1 is 1.08 bits per heavy atom. The Morgan fingerprint density at radius 3 is 2.32 bits per heavy atom. The van der Waals surface area contributed by atoms with Crippen molar-refractivity contribution in [2.45, 2.75) is 20.3 Å². The van der Waals surface area contributed by atoms with E-state index in [-0.39, 0.29) is 17.3 Å². The van der Waals surface area contributed by atoms with Gasteiger partial charge in [-0.15, -0.1) is 0 Å². The number of pyridine rings is 1. The van der Waals surface area contributed by atoms with Crippen LogP contribution in [0.1, 0.15) is 46.8 Å². The summed E-state index contributed by atoms with van der Waals surface area (Å²) < 4.78 is 0. The molecule has 0 aliphatic rings. The van der Waals surface area contributed by atoms with E-state index in [4.69, 9.17) is 5.26 Å². The maximum absolute atomic E-state index is 12.3. The monoisotopic (exact) mass is 336 g/mol. The average molecular weight is 336 g/mol. The number of benzene rings is 1. The lowest BCUT2D eigenvalue weighted by molar-refractivity contribution is 0.0947. The van der Waals surface area contributed by atoms with E-state index < -0.39 is 5.91 Å². The highest BCUT2D eigenvalue weighted by Crippen LogP contribution is 2.10. The van der Waals surface area contributed by atoms with Crippen LogP contribution in [0, 0.1) is 17.2 Å². The highest BCUT2D eigenvalue weighted by Gasteiger charge is 2.12. The van der Waals surface area contributed by atoms with Gasteiger partial charge in [0.25, 0.3) is 11.8 Å². The minimum absolute atomic E-state index is 0.154. The molecule has 6 heteroatoms. The predicted molar refractivity (Wildman–Crippen MR) is 95.1 cm³/mol. The molecule has 2 amide bonds.